The van der Waals surface area contributed by atoms with Gasteiger partial charge in [-0.25, -0.2) is 4.98 Å². The number of benzene rings is 2. The molecule has 0 radical (unpaired) electrons. The minimum Gasteiger partial charge on any atom is -0.591 e. The van der Waals surface area contributed by atoms with Crippen LogP contribution in [0.5, 0.6) is 0 Å². The van der Waals surface area contributed by atoms with E-state index in [1.54, 1.807) is 16.3 Å². The molecule has 0 aliphatic carbocycles. The number of hydrogen-bond acceptors (Lipinski definition) is 5. The lowest BCUT2D eigenvalue weighted by atomic mass is 10.0. The van der Waals surface area contributed by atoms with Crippen molar-refractivity contribution >= 4 is 38.9 Å². The number of nitrogens with zero attached hydrogens (tertiary/aromatic N) is 5. The third-order valence-electron chi connectivity index (χ3n) is 5.43. The molecule has 4 aromatic rings. The van der Waals surface area contributed by atoms with E-state index in [9.17, 15) is 9.35 Å². The van der Waals surface area contributed by atoms with Gasteiger partial charge in [-0.05, 0) is 58.4 Å². The van der Waals surface area contributed by atoms with Gasteiger partial charge in [0.1, 0.15) is 21.8 Å². The molecular formula is C24H27N5O2S. The van der Waals surface area contributed by atoms with Gasteiger partial charge in [-0.15, -0.1) is 0 Å². The molecule has 1 atom stereocenters. The first-order chi connectivity index (χ1) is 15.0. The number of hydrogen-bond donors (Lipinski definition) is 0. The Labute approximate surface area is 190 Å². The lowest BCUT2D eigenvalue weighted by Gasteiger charge is -2.19. The average molecular weight is 450 g/mol. The van der Waals surface area contributed by atoms with E-state index >= 15 is 0 Å². The van der Waals surface area contributed by atoms with Crippen LogP contribution in [0.25, 0.3) is 33.3 Å². The van der Waals surface area contributed by atoms with Crippen LogP contribution in [0.2, 0.25) is 0 Å². The molecule has 0 spiro atoms. The van der Waals surface area contributed by atoms with Crippen LogP contribution in [-0.4, -0.2) is 34.3 Å². The number of fused-ring (bicyclic) bond motifs is 2. The van der Waals surface area contributed by atoms with Crippen LogP contribution in [0.15, 0.2) is 45.6 Å². The third-order valence-corrected chi connectivity index (χ3v) is 6.92. The summed E-state index contributed by atoms with van der Waals surface area (Å²) >= 11 is -1.42. The molecule has 0 saturated heterocycles. The van der Waals surface area contributed by atoms with E-state index in [0.29, 0.717) is 33.7 Å². The van der Waals surface area contributed by atoms with Gasteiger partial charge in [0.2, 0.25) is 0 Å². The predicted molar refractivity (Wildman–Crippen MR) is 132 cm³/mol. The molecule has 8 heteroatoms. The molecule has 0 aliphatic heterocycles. The summed E-state index contributed by atoms with van der Waals surface area (Å²) < 4.78 is 19.9. The van der Waals surface area contributed by atoms with Gasteiger partial charge >= 0.3 is 0 Å². The zero-order valence-corrected chi connectivity index (χ0v) is 20.2. The Bertz CT molecular complexity index is 1440. The maximum absolute atomic E-state index is 13.4. The van der Waals surface area contributed by atoms with Gasteiger partial charge in [0.25, 0.3) is 5.56 Å². The van der Waals surface area contributed by atoms with Gasteiger partial charge in [0.05, 0.1) is 22.1 Å². The highest BCUT2D eigenvalue weighted by Crippen LogP contribution is 2.28. The van der Waals surface area contributed by atoms with Crippen LogP contribution in [0, 0.1) is 6.92 Å². The fraction of sp³-hybridized carbons (Fsp3) is 0.333. The van der Waals surface area contributed by atoms with E-state index in [1.165, 1.54) is 0 Å². The van der Waals surface area contributed by atoms with Gasteiger partial charge in [-0.3, -0.25) is 14.0 Å². The van der Waals surface area contributed by atoms with Gasteiger partial charge in [0, 0.05) is 25.0 Å². The molecule has 2 aromatic carbocycles. The molecule has 4 rings (SSSR count). The molecule has 1 unspecified atom stereocenters. The van der Waals surface area contributed by atoms with Crippen LogP contribution in [0.3, 0.4) is 0 Å². The summed E-state index contributed by atoms with van der Waals surface area (Å²) in [5.41, 5.74) is 4.19. The summed E-state index contributed by atoms with van der Waals surface area (Å²) in [6.07, 6.45) is 0. The van der Waals surface area contributed by atoms with E-state index in [0.717, 1.165) is 16.5 Å². The molecule has 0 N–H and O–H groups in total. The molecule has 0 fully saturated rings. The maximum Gasteiger partial charge on any atom is 0.261 e. The summed E-state index contributed by atoms with van der Waals surface area (Å²) in [6, 6.07) is 11.6. The molecule has 0 saturated carbocycles. The number of para-hydroxylation sites is 1. The Morgan fingerprint density at radius 1 is 1.12 bits per heavy atom. The minimum absolute atomic E-state index is 0.158. The topological polar surface area (TPSA) is 88.1 Å². The van der Waals surface area contributed by atoms with Crippen LogP contribution in [-0.2, 0) is 25.5 Å². The maximum atomic E-state index is 13.4. The molecule has 0 aliphatic rings. The molecule has 0 amide bonds. The Hall–Kier alpha value is -2.97. The average Bonchev–Trinajstić information content (AvgIpc) is 3.06. The first-order valence-corrected chi connectivity index (χ1v) is 11.5. The van der Waals surface area contributed by atoms with Crippen LogP contribution in [0.4, 0.5) is 0 Å². The van der Waals surface area contributed by atoms with Gasteiger partial charge in [-0.1, -0.05) is 22.6 Å². The predicted octanol–water partition coefficient (Wildman–Crippen LogP) is 4.07. The number of rotatable bonds is 3. The quantitative estimate of drug-likeness (QED) is 0.348. The second-order valence-electron chi connectivity index (χ2n) is 9.04. The lowest BCUT2D eigenvalue weighted by molar-refractivity contribution is 0.561. The Morgan fingerprint density at radius 2 is 1.81 bits per heavy atom. The van der Waals surface area contributed by atoms with Crippen LogP contribution in [0.1, 0.15) is 38.8 Å². The van der Waals surface area contributed by atoms with Crippen LogP contribution < -0.4 is 5.56 Å². The SMILES string of the molecule is CC(=N[S+]([O-])C(C)(C)C)c1cc(C)cc2c(=O)n(C)c(-c3nn(C)c4ccccc34)nc12. The second kappa shape index (κ2) is 7.86. The van der Waals surface area contributed by atoms with Gasteiger partial charge < -0.3 is 4.55 Å². The summed E-state index contributed by atoms with van der Waals surface area (Å²) in [5.74, 6) is 0.481. The summed E-state index contributed by atoms with van der Waals surface area (Å²) in [7, 11) is 3.59. The summed E-state index contributed by atoms with van der Waals surface area (Å²) in [6.45, 7) is 9.38. The Morgan fingerprint density at radius 3 is 2.50 bits per heavy atom. The van der Waals surface area contributed by atoms with Crippen molar-refractivity contribution in [3.05, 3.63) is 57.9 Å². The zero-order valence-electron chi connectivity index (χ0n) is 19.4. The van der Waals surface area contributed by atoms with Crippen molar-refractivity contribution in [2.45, 2.75) is 39.4 Å². The van der Waals surface area contributed by atoms with E-state index < -0.39 is 16.1 Å². The summed E-state index contributed by atoms with van der Waals surface area (Å²) in [4.78, 5) is 18.3. The van der Waals surface area contributed by atoms with Crippen molar-refractivity contribution in [1.29, 1.82) is 0 Å². The van der Waals surface area contributed by atoms with E-state index in [-0.39, 0.29) is 5.56 Å². The molecular weight excluding hydrogens is 422 g/mol. The van der Waals surface area contributed by atoms with Gasteiger partial charge in [0.15, 0.2) is 5.82 Å². The first kappa shape index (κ1) is 22.2. The van der Waals surface area contributed by atoms with E-state index in [4.69, 9.17) is 4.98 Å². The normalized spacial score (nSPS) is 13.8. The van der Waals surface area contributed by atoms with Crippen molar-refractivity contribution in [1.82, 2.24) is 19.3 Å². The molecule has 7 nitrogen and oxygen atoms in total. The minimum atomic E-state index is -1.42. The Balaban J connectivity index is 2.04. The number of aryl methyl sites for hydroxylation is 2. The van der Waals surface area contributed by atoms with Crippen LogP contribution >= 0.6 is 0 Å². The Kier molecular flexibility index (Phi) is 5.46. The monoisotopic (exact) mass is 449 g/mol. The highest BCUT2D eigenvalue weighted by Gasteiger charge is 2.27. The largest absolute Gasteiger partial charge is 0.591 e. The molecule has 2 heterocycles. The smallest absolute Gasteiger partial charge is 0.261 e. The standard InChI is InChI=1S/C24H27N5O2S/c1-14-12-17(15(2)27-32(31)24(3,4)5)20-18(13-14)23(30)28(6)22(25-20)21-16-10-8-9-11-19(16)29(7)26-21/h8-13H,1-7H3. The highest BCUT2D eigenvalue weighted by atomic mass is 32.2. The van der Waals surface area contributed by atoms with E-state index in [1.807, 2.05) is 78.1 Å². The summed E-state index contributed by atoms with van der Waals surface area (Å²) in [5, 5.41) is 6.08. The first-order valence-electron chi connectivity index (χ1n) is 10.4. The second-order valence-corrected chi connectivity index (χ2v) is 10.9. The molecule has 166 valence electrons. The third kappa shape index (κ3) is 3.73. The zero-order chi connectivity index (χ0) is 23.4. The van der Waals surface area contributed by atoms with Crippen molar-refractivity contribution in [3.8, 4) is 11.5 Å². The fourth-order valence-corrected chi connectivity index (χ4v) is 4.32. The fourth-order valence-electron chi connectivity index (χ4n) is 3.70. The highest BCUT2D eigenvalue weighted by molar-refractivity contribution is 7.91. The van der Waals surface area contributed by atoms with Crippen molar-refractivity contribution in [2.24, 2.45) is 18.5 Å². The van der Waals surface area contributed by atoms with Crippen molar-refractivity contribution < 1.29 is 4.55 Å². The molecule has 0 bridgehead atoms. The molecule has 32 heavy (non-hydrogen) atoms. The van der Waals surface area contributed by atoms with Gasteiger partial charge in [-0.2, -0.15) is 5.10 Å². The van der Waals surface area contributed by atoms with Crippen molar-refractivity contribution in [3.63, 3.8) is 0 Å². The van der Waals surface area contributed by atoms with E-state index in [2.05, 4.69) is 9.50 Å². The lowest BCUT2D eigenvalue weighted by Crippen LogP contribution is -2.27. The number of aromatic nitrogens is 4. The van der Waals surface area contributed by atoms with Crippen molar-refractivity contribution in [2.75, 3.05) is 0 Å². The molecule has 2 aromatic heterocycles.